The summed E-state index contributed by atoms with van der Waals surface area (Å²) < 4.78 is 0. The van der Waals surface area contributed by atoms with Crippen molar-refractivity contribution in [3.05, 3.63) is 35.9 Å². The monoisotopic (exact) mass is 371 g/mol. The highest BCUT2D eigenvalue weighted by Crippen LogP contribution is 2.35. The highest BCUT2D eigenvalue weighted by molar-refractivity contribution is 6.07. The number of hydrogen-bond acceptors (Lipinski definition) is 3. The average molecular weight is 371 g/mol. The summed E-state index contributed by atoms with van der Waals surface area (Å²) in [5.41, 5.74) is 0.560. The van der Waals surface area contributed by atoms with E-state index in [1.165, 1.54) is 10.5 Å². The maximum Gasteiger partial charge on any atom is 0.325 e. The summed E-state index contributed by atoms with van der Waals surface area (Å²) in [4.78, 5) is 38.1. The minimum absolute atomic E-state index is 0.0352. The second kappa shape index (κ2) is 8.55. The lowest BCUT2D eigenvalue weighted by atomic mass is 9.96. The van der Waals surface area contributed by atoms with Crippen molar-refractivity contribution in [2.24, 2.45) is 0 Å². The van der Waals surface area contributed by atoms with E-state index >= 15 is 0 Å². The molecule has 1 saturated carbocycles. The van der Waals surface area contributed by atoms with Crippen LogP contribution in [0.1, 0.15) is 63.4 Å². The van der Waals surface area contributed by atoms with Crippen LogP contribution >= 0.6 is 0 Å². The van der Waals surface area contributed by atoms with Crippen LogP contribution in [0.4, 0.5) is 4.79 Å². The zero-order chi connectivity index (χ0) is 19.3. The molecule has 27 heavy (non-hydrogen) atoms. The Morgan fingerprint density at radius 2 is 1.93 bits per heavy atom. The van der Waals surface area contributed by atoms with Crippen LogP contribution in [-0.2, 0) is 9.59 Å². The molecule has 0 aromatic heterocycles. The summed E-state index contributed by atoms with van der Waals surface area (Å²) in [7, 11) is 0. The number of amides is 4. The Balaban J connectivity index is 1.42. The Morgan fingerprint density at radius 3 is 2.59 bits per heavy atom. The van der Waals surface area contributed by atoms with Crippen molar-refractivity contribution in [2.45, 2.75) is 63.3 Å². The molecule has 3 rings (SSSR count). The van der Waals surface area contributed by atoms with E-state index in [1.54, 1.807) is 0 Å². The number of nitrogens with zero attached hydrogens (tertiary/aromatic N) is 1. The van der Waals surface area contributed by atoms with Gasteiger partial charge >= 0.3 is 6.03 Å². The summed E-state index contributed by atoms with van der Waals surface area (Å²) in [6.07, 6.45) is 5.16. The third kappa shape index (κ3) is 4.31. The summed E-state index contributed by atoms with van der Waals surface area (Å²) in [6.45, 7) is 3.02. The van der Waals surface area contributed by atoms with Gasteiger partial charge in [0.2, 0.25) is 5.91 Å². The summed E-state index contributed by atoms with van der Waals surface area (Å²) >= 11 is 0. The molecule has 1 aliphatic carbocycles. The highest BCUT2D eigenvalue weighted by Gasteiger charge is 2.51. The Morgan fingerprint density at radius 1 is 1.22 bits per heavy atom. The molecule has 4 amide bonds. The predicted molar refractivity (Wildman–Crippen MR) is 103 cm³/mol. The van der Waals surface area contributed by atoms with Crippen molar-refractivity contribution >= 4 is 17.8 Å². The van der Waals surface area contributed by atoms with E-state index in [-0.39, 0.29) is 17.8 Å². The van der Waals surface area contributed by atoms with Gasteiger partial charge in [-0.25, -0.2) is 4.79 Å². The molecular formula is C21H29N3O3. The van der Waals surface area contributed by atoms with E-state index in [0.717, 1.165) is 32.1 Å². The molecule has 1 aliphatic heterocycles. The van der Waals surface area contributed by atoms with Gasteiger partial charge in [0.15, 0.2) is 0 Å². The number of imide groups is 1. The van der Waals surface area contributed by atoms with Crippen LogP contribution < -0.4 is 10.6 Å². The lowest BCUT2D eigenvalue weighted by molar-refractivity contribution is -0.131. The predicted octanol–water partition coefficient (Wildman–Crippen LogP) is 2.94. The number of nitrogens with one attached hydrogen (secondary N) is 2. The second-order valence-electron chi connectivity index (χ2n) is 7.60. The number of hydrogen-bond donors (Lipinski definition) is 2. The van der Waals surface area contributed by atoms with Crippen LogP contribution in [-0.4, -0.2) is 41.4 Å². The molecule has 2 fully saturated rings. The SMILES string of the molecule is CCC(CNC(=O)CCCN1C(=O)NC2(CCCC2)C1=O)c1ccccc1. The molecule has 1 aromatic carbocycles. The van der Waals surface area contributed by atoms with Crippen molar-refractivity contribution in [3.8, 4) is 0 Å². The molecule has 1 unspecified atom stereocenters. The van der Waals surface area contributed by atoms with Gasteiger partial charge in [0.1, 0.15) is 5.54 Å². The largest absolute Gasteiger partial charge is 0.355 e. The third-order valence-corrected chi connectivity index (χ3v) is 5.80. The number of benzene rings is 1. The Hall–Kier alpha value is -2.37. The van der Waals surface area contributed by atoms with E-state index in [0.29, 0.717) is 31.8 Å². The van der Waals surface area contributed by atoms with Crippen LogP contribution in [0.25, 0.3) is 0 Å². The van der Waals surface area contributed by atoms with Gasteiger partial charge in [0.05, 0.1) is 0 Å². The lowest BCUT2D eigenvalue weighted by Gasteiger charge is -2.20. The fourth-order valence-electron chi connectivity index (χ4n) is 4.14. The first-order valence-electron chi connectivity index (χ1n) is 10.0. The summed E-state index contributed by atoms with van der Waals surface area (Å²) in [6, 6.07) is 9.86. The molecule has 1 atom stereocenters. The molecule has 2 N–H and O–H groups in total. The molecule has 2 aliphatic rings. The summed E-state index contributed by atoms with van der Waals surface area (Å²) in [5.74, 6) is 0.149. The van der Waals surface area contributed by atoms with Gasteiger partial charge < -0.3 is 10.6 Å². The highest BCUT2D eigenvalue weighted by atomic mass is 16.2. The zero-order valence-corrected chi connectivity index (χ0v) is 16.0. The van der Waals surface area contributed by atoms with E-state index in [1.807, 2.05) is 18.2 Å². The van der Waals surface area contributed by atoms with Gasteiger partial charge in [0.25, 0.3) is 5.91 Å². The van der Waals surface area contributed by atoms with Crippen LogP contribution in [0.2, 0.25) is 0 Å². The number of urea groups is 1. The normalized spacial score (nSPS) is 19.4. The maximum absolute atomic E-state index is 12.6. The van der Waals surface area contributed by atoms with E-state index in [4.69, 9.17) is 0 Å². The molecule has 6 heteroatoms. The molecule has 1 spiro atoms. The van der Waals surface area contributed by atoms with Gasteiger partial charge in [0, 0.05) is 25.4 Å². The molecule has 0 radical (unpaired) electrons. The Labute approximate surface area is 160 Å². The first-order valence-corrected chi connectivity index (χ1v) is 10.0. The van der Waals surface area contributed by atoms with Crippen molar-refractivity contribution in [1.29, 1.82) is 0 Å². The van der Waals surface area contributed by atoms with E-state index in [9.17, 15) is 14.4 Å². The van der Waals surface area contributed by atoms with Gasteiger partial charge in [-0.1, -0.05) is 50.1 Å². The van der Waals surface area contributed by atoms with Crippen LogP contribution in [0.5, 0.6) is 0 Å². The quantitative estimate of drug-likeness (QED) is 0.690. The third-order valence-electron chi connectivity index (χ3n) is 5.80. The molecule has 1 saturated heterocycles. The molecular weight excluding hydrogens is 342 g/mol. The fourth-order valence-corrected chi connectivity index (χ4v) is 4.14. The van der Waals surface area contributed by atoms with Crippen LogP contribution in [0.15, 0.2) is 30.3 Å². The smallest absolute Gasteiger partial charge is 0.325 e. The minimum Gasteiger partial charge on any atom is -0.355 e. The lowest BCUT2D eigenvalue weighted by Crippen LogP contribution is -2.44. The standard InChI is InChI=1S/C21H29N3O3/c1-2-16(17-9-4-3-5-10-17)15-22-18(25)11-8-14-24-19(26)21(23-20(24)27)12-6-7-13-21/h3-5,9-10,16H,2,6-8,11-15H2,1H3,(H,22,25)(H,23,27). The Kier molecular flexibility index (Phi) is 6.14. The van der Waals surface area contributed by atoms with Gasteiger partial charge in [-0.15, -0.1) is 0 Å². The van der Waals surface area contributed by atoms with Gasteiger partial charge in [-0.05, 0) is 31.2 Å². The van der Waals surface area contributed by atoms with Gasteiger partial charge in [-0.2, -0.15) is 0 Å². The Bertz CT molecular complexity index is 683. The molecule has 1 aromatic rings. The first-order chi connectivity index (χ1) is 13.1. The molecule has 6 nitrogen and oxygen atoms in total. The van der Waals surface area contributed by atoms with E-state index in [2.05, 4.69) is 29.7 Å². The van der Waals surface area contributed by atoms with Crippen molar-refractivity contribution in [2.75, 3.05) is 13.1 Å². The fraction of sp³-hybridized carbons (Fsp3) is 0.571. The number of rotatable bonds is 8. The topological polar surface area (TPSA) is 78.5 Å². The maximum atomic E-state index is 12.6. The zero-order valence-electron chi connectivity index (χ0n) is 16.0. The van der Waals surface area contributed by atoms with Crippen molar-refractivity contribution in [3.63, 3.8) is 0 Å². The number of carbonyl (C=O) groups is 3. The summed E-state index contributed by atoms with van der Waals surface area (Å²) in [5, 5.41) is 5.86. The van der Waals surface area contributed by atoms with Crippen LogP contribution in [0, 0.1) is 0 Å². The van der Waals surface area contributed by atoms with Crippen molar-refractivity contribution in [1.82, 2.24) is 15.5 Å². The molecule has 1 heterocycles. The first kappa shape index (κ1) is 19.4. The van der Waals surface area contributed by atoms with E-state index < -0.39 is 5.54 Å². The molecule has 0 bridgehead atoms. The minimum atomic E-state index is -0.663. The average Bonchev–Trinajstić information content (AvgIpc) is 3.23. The van der Waals surface area contributed by atoms with Crippen LogP contribution in [0.3, 0.4) is 0 Å². The van der Waals surface area contributed by atoms with Crippen molar-refractivity contribution < 1.29 is 14.4 Å². The van der Waals surface area contributed by atoms with Gasteiger partial charge in [-0.3, -0.25) is 14.5 Å². The second-order valence-corrected chi connectivity index (χ2v) is 7.60. The number of carbonyl (C=O) groups excluding carboxylic acids is 3. The molecule has 146 valence electrons.